The van der Waals surface area contributed by atoms with E-state index in [4.69, 9.17) is 5.11 Å². The first-order chi connectivity index (χ1) is 1.00. The molecule has 1 N–H and O–H groups in total. The Balaban J connectivity index is -0.00000000500. The standard InChI is InChI=1S/CH4O.Fe.O/c1-2;;/h2H,1H3;;/q;+2;-2. The molecule has 0 aromatic carbocycles. The van der Waals surface area contributed by atoms with Gasteiger partial charge in [-0.25, -0.2) is 0 Å². The van der Waals surface area contributed by atoms with Crippen LogP contribution in [-0.2, 0) is 22.5 Å². The third-order valence-electron chi connectivity index (χ3n) is 0. The van der Waals surface area contributed by atoms with Gasteiger partial charge < -0.3 is 10.6 Å². The molecule has 0 rings (SSSR count). The Kier molecular flexibility index (Phi) is 672. The average molecular weight is 104 g/mol. The van der Waals surface area contributed by atoms with Gasteiger partial charge in [-0.1, -0.05) is 0 Å². The van der Waals surface area contributed by atoms with Gasteiger partial charge in [0.15, 0.2) is 0 Å². The molecule has 0 aliphatic heterocycles. The molecule has 4 heavy (non-hydrogen) atoms. The number of hydrogen-bond donors (Lipinski definition) is 1. The van der Waals surface area contributed by atoms with Crippen molar-refractivity contribution < 1.29 is 27.7 Å². The van der Waals surface area contributed by atoms with Gasteiger partial charge in [0.25, 0.3) is 0 Å². The van der Waals surface area contributed by atoms with Crippen molar-refractivity contribution >= 4 is 0 Å². The van der Waals surface area contributed by atoms with Crippen molar-refractivity contribution in [2.45, 2.75) is 0 Å². The maximum Gasteiger partial charge on any atom is 2.00 e. The second kappa shape index (κ2) is 106. The summed E-state index contributed by atoms with van der Waals surface area (Å²) in [5.74, 6) is 0. The van der Waals surface area contributed by atoms with Crippen molar-refractivity contribution in [3.8, 4) is 0 Å². The van der Waals surface area contributed by atoms with Crippen LogP contribution in [0.4, 0.5) is 0 Å². The Morgan fingerprint density at radius 3 is 1.25 bits per heavy atom. The van der Waals surface area contributed by atoms with Gasteiger partial charge in [0, 0.05) is 7.11 Å². The van der Waals surface area contributed by atoms with E-state index in [1.54, 1.807) is 0 Å². The van der Waals surface area contributed by atoms with Crippen LogP contribution < -0.4 is 0 Å². The van der Waals surface area contributed by atoms with Crippen molar-refractivity contribution in [1.82, 2.24) is 0 Å². The number of rotatable bonds is 0. The molecule has 3 heteroatoms. The van der Waals surface area contributed by atoms with E-state index in [1.807, 2.05) is 0 Å². The molecular formula is CH4FeO2. The minimum Gasteiger partial charge on any atom is -2.00 e. The smallest absolute Gasteiger partial charge is 2.00 e. The molecule has 2 nitrogen and oxygen atoms in total. The molecule has 0 heterocycles. The van der Waals surface area contributed by atoms with Crippen LogP contribution in [0, 0.1) is 0 Å². The second-order valence-corrected chi connectivity index (χ2v) is 0. The molecule has 0 atom stereocenters. The van der Waals surface area contributed by atoms with Crippen LogP contribution in [0.3, 0.4) is 0 Å². The average Bonchev–Trinajstić information content (AvgIpc) is 1.00. The summed E-state index contributed by atoms with van der Waals surface area (Å²) in [5.41, 5.74) is 0. The minimum atomic E-state index is 0. The molecule has 0 aliphatic rings. The summed E-state index contributed by atoms with van der Waals surface area (Å²) in [6, 6.07) is 0. The summed E-state index contributed by atoms with van der Waals surface area (Å²) in [7, 11) is 1.00. The van der Waals surface area contributed by atoms with E-state index in [-0.39, 0.29) is 22.5 Å². The van der Waals surface area contributed by atoms with Crippen molar-refractivity contribution in [3.05, 3.63) is 0 Å². The first kappa shape index (κ1) is 25.3. The molecule has 0 unspecified atom stereocenters. The van der Waals surface area contributed by atoms with E-state index in [1.165, 1.54) is 0 Å². The first-order valence-electron chi connectivity index (χ1n) is 0.447. The summed E-state index contributed by atoms with van der Waals surface area (Å²) < 4.78 is 0. The van der Waals surface area contributed by atoms with Crippen LogP contribution in [0.1, 0.15) is 0 Å². The zero-order valence-corrected chi connectivity index (χ0v) is 3.31. The van der Waals surface area contributed by atoms with Gasteiger partial charge >= 0.3 is 17.1 Å². The fourth-order valence-electron chi connectivity index (χ4n) is 0. The van der Waals surface area contributed by atoms with Crippen LogP contribution >= 0.6 is 0 Å². The molecular weight excluding hydrogens is 99.9 g/mol. The molecule has 0 aliphatic carbocycles. The van der Waals surface area contributed by atoms with Crippen molar-refractivity contribution in [1.29, 1.82) is 0 Å². The molecule has 0 aromatic rings. The third-order valence-corrected chi connectivity index (χ3v) is 0. The van der Waals surface area contributed by atoms with Crippen LogP contribution in [0.5, 0.6) is 0 Å². The van der Waals surface area contributed by atoms with E-state index in [2.05, 4.69) is 0 Å². The van der Waals surface area contributed by atoms with E-state index in [0.717, 1.165) is 7.11 Å². The molecule has 0 amide bonds. The normalized spacial score (nSPS) is 1.50. The van der Waals surface area contributed by atoms with E-state index >= 15 is 0 Å². The maximum absolute atomic E-state index is 7.00. The van der Waals surface area contributed by atoms with Crippen LogP contribution in [0.2, 0.25) is 0 Å². The van der Waals surface area contributed by atoms with Gasteiger partial charge in [0.2, 0.25) is 0 Å². The van der Waals surface area contributed by atoms with Crippen molar-refractivity contribution in [3.63, 3.8) is 0 Å². The Bertz CT molecular complexity index is 6.00. The summed E-state index contributed by atoms with van der Waals surface area (Å²) in [5, 5.41) is 7.00. The third kappa shape index (κ3) is 26.2. The number of aliphatic hydroxyl groups excluding tert-OH is 1. The van der Waals surface area contributed by atoms with E-state index in [0.29, 0.717) is 0 Å². The van der Waals surface area contributed by atoms with Gasteiger partial charge in [-0.15, -0.1) is 0 Å². The molecule has 0 saturated carbocycles. The number of hydrogen-bond acceptors (Lipinski definition) is 1. The second-order valence-electron chi connectivity index (χ2n) is 0. The van der Waals surface area contributed by atoms with Gasteiger partial charge in [0.05, 0.1) is 0 Å². The topological polar surface area (TPSA) is 48.7 Å². The Hall–Kier alpha value is 0.439. The monoisotopic (exact) mass is 104 g/mol. The Morgan fingerprint density at radius 1 is 1.25 bits per heavy atom. The van der Waals surface area contributed by atoms with Crippen LogP contribution in [0.15, 0.2) is 0 Å². The fourth-order valence-corrected chi connectivity index (χ4v) is 0. The molecule has 0 bridgehead atoms. The molecule has 0 saturated heterocycles. The summed E-state index contributed by atoms with van der Waals surface area (Å²) >= 11 is 0. The van der Waals surface area contributed by atoms with Crippen molar-refractivity contribution in [2.24, 2.45) is 0 Å². The van der Waals surface area contributed by atoms with Gasteiger partial charge in [0.1, 0.15) is 0 Å². The van der Waals surface area contributed by atoms with Crippen molar-refractivity contribution in [2.75, 3.05) is 7.11 Å². The molecule has 0 radical (unpaired) electrons. The van der Waals surface area contributed by atoms with Crippen LogP contribution in [-0.4, -0.2) is 12.2 Å². The Morgan fingerprint density at radius 2 is 1.25 bits per heavy atom. The molecule has 28 valence electrons. The maximum atomic E-state index is 7.00. The predicted molar refractivity (Wildman–Crippen MR) is 8.83 cm³/mol. The summed E-state index contributed by atoms with van der Waals surface area (Å²) in [6.45, 7) is 0. The zero-order chi connectivity index (χ0) is 2.00. The van der Waals surface area contributed by atoms with Gasteiger partial charge in [-0.05, 0) is 0 Å². The predicted octanol–water partition coefficient (Wildman–Crippen LogP) is -0.513. The van der Waals surface area contributed by atoms with E-state index < -0.39 is 0 Å². The summed E-state index contributed by atoms with van der Waals surface area (Å²) in [4.78, 5) is 0. The fraction of sp³-hybridized carbons (Fsp3) is 1.00. The number of aliphatic hydroxyl groups is 1. The molecule has 0 fully saturated rings. The first-order valence-corrected chi connectivity index (χ1v) is 0.447. The van der Waals surface area contributed by atoms with Gasteiger partial charge in [-0.3, -0.25) is 0 Å². The van der Waals surface area contributed by atoms with Crippen LogP contribution in [0.25, 0.3) is 0 Å². The largest absolute Gasteiger partial charge is 2.00 e. The molecule has 0 spiro atoms. The van der Waals surface area contributed by atoms with E-state index in [9.17, 15) is 0 Å². The SMILES string of the molecule is CO.[Fe+2].[O-2]. The zero-order valence-electron chi connectivity index (χ0n) is 2.21. The molecule has 0 aromatic heterocycles. The summed E-state index contributed by atoms with van der Waals surface area (Å²) in [6.07, 6.45) is 0. The van der Waals surface area contributed by atoms with Gasteiger partial charge in [-0.2, -0.15) is 0 Å². The Labute approximate surface area is 35.6 Å². The quantitative estimate of drug-likeness (QED) is 0.413. The minimum absolute atomic E-state index is 0.